The van der Waals surface area contributed by atoms with Gasteiger partial charge in [0.25, 0.3) is 0 Å². The average molecular weight is 375 g/mol. The Morgan fingerprint density at radius 3 is 1.96 bits per heavy atom. The van der Waals surface area contributed by atoms with E-state index in [0.717, 1.165) is 5.56 Å². The van der Waals surface area contributed by atoms with Crippen molar-refractivity contribution in [2.24, 2.45) is 5.92 Å². The third kappa shape index (κ3) is 6.79. The zero-order valence-electron chi connectivity index (χ0n) is 15.3. The summed E-state index contributed by atoms with van der Waals surface area (Å²) < 4.78 is 25.9. The Kier molecular flexibility index (Phi) is 7.43. The summed E-state index contributed by atoms with van der Waals surface area (Å²) in [6.45, 7) is 3.81. The van der Waals surface area contributed by atoms with Crippen LogP contribution in [-0.2, 0) is 9.59 Å². The molecule has 2 amide bonds. The average Bonchev–Trinajstić information content (AvgIpc) is 2.63. The molecule has 0 aliphatic rings. The quantitative estimate of drug-likeness (QED) is 0.664. The fraction of sp³-hybridized carbons (Fsp3) is 0.300. The van der Waals surface area contributed by atoms with Crippen LogP contribution in [0.1, 0.15) is 25.5 Å². The first-order valence-electron chi connectivity index (χ1n) is 8.66. The minimum atomic E-state index is -0.408. The second-order valence-electron chi connectivity index (χ2n) is 6.49. The minimum absolute atomic E-state index is 0.0179. The maximum atomic E-state index is 13.1. The molecule has 0 fully saturated rings. The second-order valence-corrected chi connectivity index (χ2v) is 6.49. The Balaban J connectivity index is 1.79. The first-order chi connectivity index (χ1) is 12.8. The van der Waals surface area contributed by atoms with Crippen LogP contribution in [-0.4, -0.2) is 24.9 Å². The van der Waals surface area contributed by atoms with Crippen molar-refractivity contribution in [1.82, 2.24) is 10.6 Å². The van der Waals surface area contributed by atoms with Gasteiger partial charge in [0.2, 0.25) is 11.8 Å². The van der Waals surface area contributed by atoms with Crippen molar-refractivity contribution < 1.29 is 18.4 Å². The molecule has 0 unspecified atom stereocenters. The highest BCUT2D eigenvalue weighted by Gasteiger charge is 2.17. The van der Waals surface area contributed by atoms with Crippen LogP contribution >= 0.6 is 0 Å². The molecule has 0 saturated heterocycles. The first-order valence-corrected chi connectivity index (χ1v) is 8.66. The highest BCUT2D eigenvalue weighted by Crippen LogP contribution is 2.21. The Labute approximate surface area is 157 Å². The number of nitrogens with one attached hydrogen (secondary N) is 3. The standard InChI is InChI=1S/C20H23F2N3O2/c1-13(2)20(14-3-5-15(21)6-4-14)24-11-18(26)23-12-19(27)25-17-9-7-16(22)8-10-17/h3-10,13,20,24H,11-12H2,1-2H3,(H,23,26)(H,25,27)/t20-/m0/s1. The maximum Gasteiger partial charge on any atom is 0.243 e. The van der Waals surface area contributed by atoms with Gasteiger partial charge in [-0.3, -0.25) is 9.59 Å². The zero-order chi connectivity index (χ0) is 19.8. The van der Waals surface area contributed by atoms with Crippen LogP contribution < -0.4 is 16.0 Å². The number of hydrogen-bond acceptors (Lipinski definition) is 3. The fourth-order valence-corrected chi connectivity index (χ4v) is 2.59. The molecular formula is C20H23F2N3O2. The molecule has 0 aliphatic carbocycles. The van der Waals surface area contributed by atoms with E-state index in [1.54, 1.807) is 12.1 Å². The predicted octanol–water partition coefficient (Wildman–Crippen LogP) is 3.01. The smallest absolute Gasteiger partial charge is 0.243 e. The number of rotatable bonds is 8. The van der Waals surface area contributed by atoms with Gasteiger partial charge >= 0.3 is 0 Å². The van der Waals surface area contributed by atoms with E-state index < -0.39 is 11.7 Å². The van der Waals surface area contributed by atoms with Gasteiger partial charge in [0, 0.05) is 11.7 Å². The predicted molar refractivity (Wildman–Crippen MR) is 100 cm³/mol. The summed E-state index contributed by atoms with van der Waals surface area (Å²) >= 11 is 0. The Morgan fingerprint density at radius 2 is 1.41 bits per heavy atom. The lowest BCUT2D eigenvalue weighted by Gasteiger charge is -2.22. The summed E-state index contributed by atoms with van der Waals surface area (Å²) in [7, 11) is 0. The summed E-state index contributed by atoms with van der Waals surface area (Å²) in [5.74, 6) is -1.27. The Hall–Kier alpha value is -2.80. The van der Waals surface area contributed by atoms with Crippen molar-refractivity contribution in [3.05, 3.63) is 65.7 Å². The van der Waals surface area contributed by atoms with Crippen molar-refractivity contribution >= 4 is 17.5 Å². The molecule has 144 valence electrons. The lowest BCUT2D eigenvalue weighted by molar-refractivity contribution is -0.123. The molecule has 0 aromatic heterocycles. The normalized spacial score (nSPS) is 11.9. The summed E-state index contributed by atoms with van der Waals surface area (Å²) in [6, 6.07) is 11.4. The van der Waals surface area contributed by atoms with Crippen LogP contribution in [0.25, 0.3) is 0 Å². The van der Waals surface area contributed by atoms with Crippen LogP contribution in [0.2, 0.25) is 0 Å². The number of carbonyl (C=O) groups excluding carboxylic acids is 2. The van der Waals surface area contributed by atoms with Crippen molar-refractivity contribution in [2.45, 2.75) is 19.9 Å². The van der Waals surface area contributed by atoms with Gasteiger partial charge in [0.15, 0.2) is 0 Å². The van der Waals surface area contributed by atoms with Crippen LogP contribution in [0.3, 0.4) is 0 Å². The van der Waals surface area contributed by atoms with Crippen molar-refractivity contribution in [2.75, 3.05) is 18.4 Å². The minimum Gasteiger partial charge on any atom is -0.346 e. The monoisotopic (exact) mass is 375 g/mol. The molecule has 3 N–H and O–H groups in total. The molecular weight excluding hydrogens is 352 g/mol. The highest BCUT2D eigenvalue weighted by atomic mass is 19.1. The number of anilines is 1. The van der Waals surface area contributed by atoms with Gasteiger partial charge in [-0.15, -0.1) is 0 Å². The van der Waals surface area contributed by atoms with Crippen molar-refractivity contribution in [3.8, 4) is 0 Å². The molecule has 2 aromatic carbocycles. The van der Waals surface area contributed by atoms with E-state index in [2.05, 4.69) is 16.0 Å². The molecule has 0 heterocycles. The molecule has 5 nitrogen and oxygen atoms in total. The van der Waals surface area contributed by atoms with E-state index >= 15 is 0 Å². The molecule has 1 atom stereocenters. The van der Waals surface area contributed by atoms with E-state index in [9.17, 15) is 18.4 Å². The van der Waals surface area contributed by atoms with Gasteiger partial charge in [-0.1, -0.05) is 26.0 Å². The number of benzene rings is 2. The Morgan fingerprint density at radius 1 is 0.852 bits per heavy atom. The molecule has 27 heavy (non-hydrogen) atoms. The molecule has 0 saturated carbocycles. The van der Waals surface area contributed by atoms with Crippen molar-refractivity contribution in [1.29, 1.82) is 0 Å². The van der Waals surface area contributed by atoms with E-state index in [-0.39, 0.29) is 36.8 Å². The third-order valence-electron chi connectivity index (χ3n) is 3.95. The molecule has 0 spiro atoms. The van der Waals surface area contributed by atoms with E-state index in [1.807, 2.05) is 13.8 Å². The highest BCUT2D eigenvalue weighted by molar-refractivity contribution is 5.94. The van der Waals surface area contributed by atoms with Crippen LogP contribution in [0, 0.1) is 17.6 Å². The number of carbonyl (C=O) groups is 2. The molecule has 2 aromatic rings. The van der Waals surface area contributed by atoms with Crippen molar-refractivity contribution in [3.63, 3.8) is 0 Å². The van der Waals surface area contributed by atoms with Gasteiger partial charge in [-0.2, -0.15) is 0 Å². The lowest BCUT2D eigenvalue weighted by Crippen LogP contribution is -2.40. The summed E-state index contributed by atoms with van der Waals surface area (Å²) in [5.41, 5.74) is 1.33. The summed E-state index contributed by atoms with van der Waals surface area (Å²) in [4.78, 5) is 23.8. The molecule has 0 radical (unpaired) electrons. The van der Waals surface area contributed by atoms with Gasteiger partial charge in [0.1, 0.15) is 11.6 Å². The van der Waals surface area contributed by atoms with E-state index in [0.29, 0.717) is 5.69 Å². The van der Waals surface area contributed by atoms with Gasteiger partial charge < -0.3 is 16.0 Å². The van der Waals surface area contributed by atoms with Gasteiger partial charge in [-0.25, -0.2) is 8.78 Å². The van der Waals surface area contributed by atoms with Gasteiger partial charge in [-0.05, 0) is 47.9 Å². The van der Waals surface area contributed by atoms with Crippen LogP contribution in [0.4, 0.5) is 14.5 Å². The second kappa shape index (κ2) is 9.78. The van der Waals surface area contributed by atoms with E-state index in [4.69, 9.17) is 0 Å². The molecule has 2 rings (SSSR count). The maximum absolute atomic E-state index is 13.1. The fourth-order valence-electron chi connectivity index (χ4n) is 2.59. The largest absolute Gasteiger partial charge is 0.346 e. The lowest BCUT2D eigenvalue weighted by atomic mass is 9.96. The zero-order valence-corrected chi connectivity index (χ0v) is 15.3. The molecule has 0 bridgehead atoms. The SMILES string of the molecule is CC(C)[C@H](NCC(=O)NCC(=O)Nc1ccc(F)cc1)c1ccc(F)cc1. The topological polar surface area (TPSA) is 70.2 Å². The summed E-state index contributed by atoms with van der Waals surface area (Å²) in [5, 5.41) is 8.21. The molecule has 0 aliphatic heterocycles. The van der Waals surface area contributed by atoms with Crippen LogP contribution in [0.15, 0.2) is 48.5 Å². The molecule has 7 heteroatoms. The summed E-state index contributed by atoms with van der Waals surface area (Å²) in [6.07, 6.45) is 0. The number of halogens is 2. The third-order valence-corrected chi connectivity index (χ3v) is 3.95. The number of hydrogen-bond donors (Lipinski definition) is 3. The van der Waals surface area contributed by atoms with E-state index in [1.165, 1.54) is 36.4 Å². The number of amides is 2. The first kappa shape index (κ1) is 20.5. The van der Waals surface area contributed by atoms with Gasteiger partial charge in [0.05, 0.1) is 13.1 Å². The van der Waals surface area contributed by atoms with Crippen LogP contribution in [0.5, 0.6) is 0 Å². The Bertz CT molecular complexity index is 762.